The molecule has 7 nitrogen and oxygen atoms in total. The highest BCUT2D eigenvalue weighted by Gasteiger charge is 2.13. The predicted molar refractivity (Wildman–Crippen MR) is 144 cm³/mol. The largest absolute Gasteiger partial charge is 0.494 e. The van der Waals surface area contributed by atoms with Crippen molar-refractivity contribution in [2.24, 2.45) is 5.10 Å². The van der Waals surface area contributed by atoms with Crippen molar-refractivity contribution in [2.45, 2.75) is 19.8 Å². The molecule has 1 amide bonds. The van der Waals surface area contributed by atoms with E-state index in [1.807, 2.05) is 36.4 Å². The van der Waals surface area contributed by atoms with Crippen LogP contribution >= 0.6 is 0 Å². The van der Waals surface area contributed by atoms with E-state index in [2.05, 4.69) is 17.5 Å². The Bertz CT molecular complexity index is 1410. The van der Waals surface area contributed by atoms with Crippen molar-refractivity contribution >= 4 is 28.9 Å². The molecule has 0 saturated carbocycles. The number of hydrogen-bond acceptors (Lipinski definition) is 6. The first-order valence-electron chi connectivity index (χ1n) is 12.0. The van der Waals surface area contributed by atoms with Crippen LogP contribution in [0.2, 0.25) is 0 Å². The Morgan fingerprint density at radius 1 is 0.919 bits per heavy atom. The molecule has 0 aliphatic heterocycles. The summed E-state index contributed by atoms with van der Waals surface area (Å²) in [5, 5.41) is 5.90. The van der Waals surface area contributed by atoms with Crippen LogP contribution in [0.15, 0.2) is 90.0 Å². The Morgan fingerprint density at radius 3 is 2.49 bits per heavy atom. The van der Waals surface area contributed by atoms with E-state index in [1.165, 1.54) is 13.3 Å². The molecular formula is C30H28N2O5. The van der Waals surface area contributed by atoms with E-state index < -0.39 is 5.97 Å². The molecular weight excluding hydrogens is 468 g/mol. The third-order valence-corrected chi connectivity index (χ3v) is 5.66. The van der Waals surface area contributed by atoms with Crippen molar-refractivity contribution < 1.29 is 23.8 Å². The zero-order valence-electron chi connectivity index (χ0n) is 20.8. The number of carbonyl (C=O) groups is 2. The number of nitrogens with one attached hydrogen (secondary N) is 1. The summed E-state index contributed by atoms with van der Waals surface area (Å²) in [4.78, 5) is 25.3. The van der Waals surface area contributed by atoms with Gasteiger partial charge in [0.2, 0.25) is 0 Å². The fourth-order valence-corrected chi connectivity index (χ4v) is 3.68. The Hall–Kier alpha value is -4.65. The lowest BCUT2D eigenvalue weighted by Crippen LogP contribution is -2.17. The number of hydrogen-bond donors (Lipinski definition) is 1. The molecule has 0 bridgehead atoms. The average Bonchev–Trinajstić information content (AvgIpc) is 2.93. The van der Waals surface area contributed by atoms with E-state index in [0.29, 0.717) is 34.8 Å². The molecule has 188 valence electrons. The molecule has 37 heavy (non-hydrogen) atoms. The number of benzene rings is 4. The molecule has 0 aliphatic rings. The first-order chi connectivity index (χ1) is 18.1. The molecule has 0 radical (unpaired) electrons. The maximum absolute atomic E-state index is 12.7. The zero-order chi connectivity index (χ0) is 26.0. The highest BCUT2D eigenvalue weighted by molar-refractivity contribution is 6.07. The summed E-state index contributed by atoms with van der Waals surface area (Å²) in [7, 11) is 1.48. The second kappa shape index (κ2) is 12.4. The Balaban J connectivity index is 1.39. The average molecular weight is 497 g/mol. The lowest BCUT2D eigenvalue weighted by molar-refractivity contribution is 0.0729. The normalized spacial score (nSPS) is 10.9. The molecule has 0 fully saturated rings. The van der Waals surface area contributed by atoms with Crippen LogP contribution in [-0.2, 0) is 0 Å². The highest BCUT2D eigenvalue weighted by atomic mass is 16.6. The van der Waals surface area contributed by atoms with E-state index in [0.717, 1.165) is 23.6 Å². The van der Waals surface area contributed by atoms with Crippen molar-refractivity contribution in [1.82, 2.24) is 5.43 Å². The Labute approximate surface area is 215 Å². The molecule has 0 aromatic heterocycles. The molecule has 4 aromatic carbocycles. The smallest absolute Gasteiger partial charge is 0.343 e. The highest BCUT2D eigenvalue weighted by Crippen LogP contribution is 2.28. The molecule has 0 aliphatic carbocycles. The van der Waals surface area contributed by atoms with Gasteiger partial charge in [0.15, 0.2) is 11.5 Å². The third kappa shape index (κ3) is 6.52. The molecule has 0 spiro atoms. The summed E-state index contributed by atoms with van der Waals surface area (Å²) < 4.78 is 16.6. The number of methoxy groups -OCH3 is 1. The molecule has 7 heteroatoms. The van der Waals surface area contributed by atoms with Gasteiger partial charge < -0.3 is 14.2 Å². The van der Waals surface area contributed by atoms with Crippen molar-refractivity contribution in [1.29, 1.82) is 0 Å². The lowest BCUT2D eigenvalue weighted by Gasteiger charge is -2.10. The van der Waals surface area contributed by atoms with Crippen LogP contribution < -0.4 is 19.6 Å². The van der Waals surface area contributed by atoms with Crippen LogP contribution in [0.25, 0.3) is 10.8 Å². The van der Waals surface area contributed by atoms with Gasteiger partial charge in [-0.3, -0.25) is 4.79 Å². The van der Waals surface area contributed by atoms with Gasteiger partial charge in [0, 0.05) is 5.56 Å². The van der Waals surface area contributed by atoms with E-state index in [1.54, 1.807) is 48.5 Å². The molecule has 0 unspecified atom stereocenters. The topological polar surface area (TPSA) is 86.2 Å². The predicted octanol–water partition coefficient (Wildman–Crippen LogP) is 6.01. The maximum atomic E-state index is 12.7. The molecule has 4 rings (SSSR count). The first kappa shape index (κ1) is 25.4. The fourth-order valence-electron chi connectivity index (χ4n) is 3.68. The SMILES string of the molecule is CCCCOc1ccc(C(=O)Oc2ccc(C=NNC(=O)c3cccc4ccccc34)cc2OC)cc1. The number of unbranched alkanes of at least 4 members (excludes halogenated alkanes) is 1. The Morgan fingerprint density at radius 2 is 1.70 bits per heavy atom. The number of fused-ring (bicyclic) bond motifs is 1. The first-order valence-corrected chi connectivity index (χ1v) is 12.0. The third-order valence-electron chi connectivity index (χ3n) is 5.66. The summed E-state index contributed by atoms with van der Waals surface area (Å²) >= 11 is 0. The monoisotopic (exact) mass is 496 g/mol. The van der Waals surface area contributed by atoms with Gasteiger partial charge in [-0.15, -0.1) is 0 Å². The van der Waals surface area contributed by atoms with Crippen LogP contribution in [0.4, 0.5) is 0 Å². The maximum Gasteiger partial charge on any atom is 0.343 e. The van der Waals surface area contributed by atoms with Gasteiger partial charge in [-0.2, -0.15) is 5.10 Å². The molecule has 0 saturated heterocycles. The minimum absolute atomic E-state index is 0.271. The summed E-state index contributed by atoms with van der Waals surface area (Å²) in [6, 6.07) is 25.0. The summed E-state index contributed by atoms with van der Waals surface area (Å²) in [5.41, 5.74) is 4.15. The van der Waals surface area contributed by atoms with E-state index >= 15 is 0 Å². The number of amides is 1. The van der Waals surface area contributed by atoms with Crippen LogP contribution in [-0.4, -0.2) is 31.8 Å². The minimum Gasteiger partial charge on any atom is -0.494 e. The standard InChI is InChI=1S/C30H28N2O5/c1-3-4-18-36-24-15-13-23(14-16-24)30(34)37-27-17-12-21(19-28(27)35-2)20-31-32-29(33)26-11-7-9-22-8-5-6-10-25(22)26/h5-17,19-20H,3-4,18H2,1-2H3,(H,32,33). The molecule has 4 aromatic rings. The number of rotatable bonds is 10. The van der Waals surface area contributed by atoms with Gasteiger partial charge in [-0.05, 0) is 71.3 Å². The van der Waals surface area contributed by atoms with Crippen molar-refractivity contribution in [3.05, 3.63) is 102 Å². The number of esters is 1. The van der Waals surface area contributed by atoms with Gasteiger partial charge >= 0.3 is 5.97 Å². The minimum atomic E-state index is -0.512. The van der Waals surface area contributed by atoms with Crippen LogP contribution in [0, 0.1) is 0 Å². The number of carbonyl (C=O) groups excluding carboxylic acids is 2. The van der Waals surface area contributed by atoms with Gasteiger partial charge in [0.1, 0.15) is 5.75 Å². The van der Waals surface area contributed by atoms with E-state index in [4.69, 9.17) is 14.2 Å². The van der Waals surface area contributed by atoms with Crippen molar-refractivity contribution in [2.75, 3.05) is 13.7 Å². The lowest BCUT2D eigenvalue weighted by atomic mass is 10.0. The second-order valence-electron chi connectivity index (χ2n) is 8.25. The summed E-state index contributed by atoms with van der Waals surface area (Å²) in [6.07, 6.45) is 3.52. The van der Waals surface area contributed by atoms with Gasteiger partial charge in [0.05, 0.1) is 25.5 Å². The van der Waals surface area contributed by atoms with Crippen LogP contribution in [0.3, 0.4) is 0 Å². The van der Waals surface area contributed by atoms with Gasteiger partial charge in [0.25, 0.3) is 5.91 Å². The van der Waals surface area contributed by atoms with E-state index in [9.17, 15) is 9.59 Å². The number of ether oxygens (including phenoxy) is 3. The van der Waals surface area contributed by atoms with Crippen molar-refractivity contribution in [3.8, 4) is 17.2 Å². The molecule has 1 N–H and O–H groups in total. The fraction of sp³-hybridized carbons (Fsp3) is 0.167. The summed E-state index contributed by atoms with van der Waals surface area (Å²) in [5.74, 6) is 0.512. The van der Waals surface area contributed by atoms with Gasteiger partial charge in [-0.1, -0.05) is 49.7 Å². The number of hydrazone groups is 1. The summed E-state index contributed by atoms with van der Waals surface area (Å²) in [6.45, 7) is 2.74. The van der Waals surface area contributed by atoms with Crippen molar-refractivity contribution in [3.63, 3.8) is 0 Å². The quantitative estimate of drug-likeness (QED) is 0.0955. The van der Waals surface area contributed by atoms with Crippen LogP contribution in [0.1, 0.15) is 46.0 Å². The molecule has 0 atom stereocenters. The van der Waals surface area contributed by atoms with Crippen LogP contribution in [0.5, 0.6) is 17.2 Å². The molecule has 0 heterocycles. The van der Waals surface area contributed by atoms with E-state index in [-0.39, 0.29) is 11.7 Å². The number of nitrogens with zero attached hydrogens (tertiary/aromatic N) is 1. The van der Waals surface area contributed by atoms with Gasteiger partial charge in [-0.25, -0.2) is 10.2 Å². The zero-order valence-corrected chi connectivity index (χ0v) is 20.8. The second-order valence-corrected chi connectivity index (χ2v) is 8.25. The Kier molecular flexibility index (Phi) is 8.49.